The number of hydrogen-bond donors (Lipinski definition) is 7. The maximum atomic E-state index is 9.76. The van der Waals surface area contributed by atoms with Crippen molar-refractivity contribution in [1.29, 1.82) is 0 Å². The van der Waals surface area contributed by atoms with Crippen molar-refractivity contribution in [2.75, 3.05) is 6.61 Å². The van der Waals surface area contributed by atoms with E-state index in [4.69, 9.17) is 14.6 Å². The molecule has 1 heterocycles. The van der Waals surface area contributed by atoms with Crippen molar-refractivity contribution in [3.05, 3.63) is 12.1 Å². The quantitative estimate of drug-likeness (QED) is 0.334. The summed E-state index contributed by atoms with van der Waals surface area (Å²) in [4.78, 5) is 0. The normalized spacial score (nSPS) is 32.9. The third kappa shape index (κ3) is 2.96. The summed E-state index contributed by atoms with van der Waals surface area (Å²) in [6.45, 7) is -0.641. The zero-order chi connectivity index (χ0) is 15.7. The van der Waals surface area contributed by atoms with E-state index >= 15 is 0 Å². The molecule has 9 heteroatoms. The first-order valence-corrected chi connectivity index (χ1v) is 6.07. The molecule has 0 saturated carbocycles. The molecule has 0 radical (unpaired) electrons. The molecule has 5 atom stereocenters. The molecular weight excluding hydrogens is 288 g/mol. The van der Waals surface area contributed by atoms with Gasteiger partial charge >= 0.3 is 0 Å². The Kier molecular flexibility index (Phi) is 4.40. The van der Waals surface area contributed by atoms with Crippen LogP contribution < -0.4 is 4.74 Å². The Bertz CT molecular complexity index is 480. The molecule has 0 amide bonds. The predicted molar refractivity (Wildman–Crippen MR) is 65.8 cm³/mol. The van der Waals surface area contributed by atoms with E-state index in [1.165, 1.54) is 0 Å². The van der Waals surface area contributed by atoms with Crippen molar-refractivity contribution < 1.29 is 45.2 Å². The van der Waals surface area contributed by atoms with E-state index in [0.29, 0.717) is 0 Å². The number of hydrogen-bond acceptors (Lipinski definition) is 9. The molecule has 1 aromatic rings. The molecule has 9 nitrogen and oxygen atoms in total. The van der Waals surface area contributed by atoms with E-state index in [9.17, 15) is 30.6 Å². The number of phenols is 3. The van der Waals surface area contributed by atoms with Crippen molar-refractivity contribution in [3.63, 3.8) is 0 Å². The van der Waals surface area contributed by atoms with Crippen LogP contribution in [0, 0.1) is 0 Å². The number of aromatic hydroxyl groups is 3. The van der Waals surface area contributed by atoms with Crippen molar-refractivity contribution >= 4 is 0 Å². The highest BCUT2D eigenvalue weighted by atomic mass is 16.7. The van der Waals surface area contributed by atoms with Crippen LogP contribution in [-0.2, 0) is 4.74 Å². The highest BCUT2D eigenvalue weighted by Gasteiger charge is 2.45. The van der Waals surface area contributed by atoms with Gasteiger partial charge in [-0.25, -0.2) is 0 Å². The third-order valence-electron chi connectivity index (χ3n) is 3.12. The van der Waals surface area contributed by atoms with E-state index < -0.39 is 60.3 Å². The predicted octanol–water partition coefficient (Wildman–Crippen LogP) is -2.02. The Labute approximate surface area is 118 Å². The second-order valence-corrected chi connectivity index (χ2v) is 4.63. The standard InChI is InChI=1S/C12H16O9/c13-3-7-8(17)9(18)10(19)12(20-7)21-11-5(15)1-4(14)2-6(11)16/h1-2,7-10,12-19H,3H2/t7-,8-,9+,10-,12+/m1/s1. The van der Waals surface area contributed by atoms with Crippen LogP contribution in [0.3, 0.4) is 0 Å². The van der Waals surface area contributed by atoms with Gasteiger partial charge < -0.3 is 45.2 Å². The number of ether oxygens (including phenoxy) is 2. The van der Waals surface area contributed by atoms with Crippen LogP contribution in [0.1, 0.15) is 0 Å². The fourth-order valence-corrected chi connectivity index (χ4v) is 1.99. The Morgan fingerprint density at radius 1 is 0.952 bits per heavy atom. The van der Waals surface area contributed by atoms with Crippen LogP contribution in [0.2, 0.25) is 0 Å². The first-order valence-electron chi connectivity index (χ1n) is 6.07. The minimum absolute atomic E-state index is 0.411. The molecule has 1 aliphatic heterocycles. The lowest BCUT2D eigenvalue weighted by Crippen LogP contribution is -2.60. The number of rotatable bonds is 3. The Balaban J connectivity index is 2.22. The Morgan fingerprint density at radius 3 is 2.05 bits per heavy atom. The largest absolute Gasteiger partial charge is 0.508 e. The molecule has 0 spiro atoms. The van der Waals surface area contributed by atoms with Gasteiger partial charge in [-0.05, 0) is 0 Å². The maximum absolute atomic E-state index is 9.76. The van der Waals surface area contributed by atoms with Crippen LogP contribution >= 0.6 is 0 Å². The molecule has 118 valence electrons. The molecule has 1 aliphatic rings. The fraction of sp³-hybridized carbons (Fsp3) is 0.500. The summed E-state index contributed by atoms with van der Waals surface area (Å²) in [5, 5.41) is 66.3. The number of benzene rings is 1. The van der Waals surface area contributed by atoms with E-state index in [-0.39, 0.29) is 0 Å². The average molecular weight is 304 g/mol. The zero-order valence-electron chi connectivity index (χ0n) is 10.7. The summed E-state index contributed by atoms with van der Waals surface area (Å²) in [7, 11) is 0. The second-order valence-electron chi connectivity index (χ2n) is 4.63. The summed E-state index contributed by atoms with van der Waals surface area (Å²) in [6, 6.07) is 1.78. The summed E-state index contributed by atoms with van der Waals surface area (Å²) >= 11 is 0. The van der Waals surface area contributed by atoms with E-state index in [2.05, 4.69) is 0 Å². The molecule has 0 bridgehead atoms. The topological polar surface area (TPSA) is 160 Å². The van der Waals surface area contributed by atoms with Gasteiger partial charge in [0.25, 0.3) is 0 Å². The fourth-order valence-electron chi connectivity index (χ4n) is 1.99. The van der Waals surface area contributed by atoms with Gasteiger partial charge in [0.2, 0.25) is 12.0 Å². The van der Waals surface area contributed by atoms with E-state index in [1.807, 2.05) is 0 Å². The molecule has 1 fully saturated rings. The molecule has 1 saturated heterocycles. The highest BCUT2D eigenvalue weighted by Crippen LogP contribution is 2.40. The number of aliphatic hydroxyl groups is 4. The lowest BCUT2D eigenvalue weighted by molar-refractivity contribution is -0.277. The molecule has 2 rings (SSSR count). The lowest BCUT2D eigenvalue weighted by Gasteiger charge is -2.39. The SMILES string of the molecule is OC[C@H]1O[C@@H](Oc2c(O)cc(O)cc2O)[C@H](O)[C@@H](O)[C@@H]1O. The van der Waals surface area contributed by atoms with Gasteiger partial charge in [-0.1, -0.05) is 0 Å². The van der Waals surface area contributed by atoms with Gasteiger partial charge in [0.1, 0.15) is 30.2 Å². The molecular formula is C12H16O9. The van der Waals surface area contributed by atoms with Crippen LogP contribution in [0.25, 0.3) is 0 Å². The van der Waals surface area contributed by atoms with Gasteiger partial charge in [-0.2, -0.15) is 0 Å². The van der Waals surface area contributed by atoms with Crippen molar-refractivity contribution in [3.8, 4) is 23.0 Å². The first kappa shape index (κ1) is 15.6. The van der Waals surface area contributed by atoms with E-state index in [1.54, 1.807) is 0 Å². The number of aliphatic hydroxyl groups excluding tert-OH is 4. The van der Waals surface area contributed by atoms with Gasteiger partial charge in [-0.3, -0.25) is 0 Å². The Hall–Kier alpha value is -1.78. The molecule has 0 aliphatic carbocycles. The average Bonchev–Trinajstić information content (AvgIpc) is 2.42. The van der Waals surface area contributed by atoms with Crippen LogP contribution in [0.5, 0.6) is 23.0 Å². The van der Waals surface area contributed by atoms with Gasteiger partial charge in [-0.15, -0.1) is 0 Å². The van der Waals surface area contributed by atoms with Gasteiger partial charge in [0.05, 0.1) is 6.61 Å². The van der Waals surface area contributed by atoms with E-state index in [0.717, 1.165) is 12.1 Å². The van der Waals surface area contributed by atoms with Gasteiger partial charge in [0, 0.05) is 12.1 Å². The molecule has 1 aromatic carbocycles. The minimum Gasteiger partial charge on any atom is -0.508 e. The molecule has 0 unspecified atom stereocenters. The van der Waals surface area contributed by atoms with Crippen molar-refractivity contribution in [2.45, 2.75) is 30.7 Å². The van der Waals surface area contributed by atoms with Crippen LogP contribution in [-0.4, -0.2) is 73.1 Å². The van der Waals surface area contributed by atoms with Crippen molar-refractivity contribution in [2.24, 2.45) is 0 Å². The second kappa shape index (κ2) is 5.92. The summed E-state index contributed by atoms with van der Waals surface area (Å²) in [5.41, 5.74) is 0. The molecule has 21 heavy (non-hydrogen) atoms. The Morgan fingerprint density at radius 2 is 1.52 bits per heavy atom. The lowest BCUT2D eigenvalue weighted by atomic mass is 9.99. The zero-order valence-corrected chi connectivity index (χ0v) is 10.7. The third-order valence-corrected chi connectivity index (χ3v) is 3.12. The molecule has 7 N–H and O–H groups in total. The molecule has 0 aromatic heterocycles. The number of phenolic OH excluding ortho intramolecular Hbond substituents is 3. The van der Waals surface area contributed by atoms with Crippen LogP contribution in [0.15, 0.2) is 12.1 Å². The summed E-state index contributed by atoms with van der Waals surface area (Å²) < 4.78 is 10.1. The smallest absolute Gasteiger partial charge is 0.229 e. The monoisotopic (exact) mass is 304 g/mol. The van der Waals surface area contributed by atoms with Gasteiger partial charge in [0.15, 0.2) is 11.5 Å². The minimum atomic E-state index is -1.68. The maximum Gasteiger partial charge on any atom is 0.229 e. The summed E-state index contributed by atoms with van der Waals surface area (Å²) in [5.74, 6) is -2.14. The first-order chi connectivity index (χ1) is 9.85. The highest BCUT2D eigenvalue weighted by molar-refractivity contribution is 5.54. The van der Waals surface area contributed by atoms with Crippen molar-refractivity contribution in [1.82, 2.24) is 0 Å². The summed E-state index contributed by atoms with van der Waals surface area (Å²) in [6.07, 6.45) is -7.62. The van der Waals surface area contributed by atoms with Crippen LogP contribution in [0.4, 0.5) is 0 Å².